The Kier molecular flexibility index (Phi) is 3.63. The number of nitrogens with two attached hydrogens (primary N) is 1. The molecular formula is C15H22N4O2. The molecule has 1 saturated heterocycles. The Morgan fingerprint density at radius 3 is 3.05 bits per heavy atom. The summed E-state index contributed by atoms with van der Waals surface area (Å²) in [6.45, 7) is 7.64. The lowest BCUT2D eigenvalue weighted by Crippen LogP contribution is -2.29. The molecule has 1 aromatic carbocycles. The van der Waals surface area contributed by atoms with E-state index in [9.17, 15) is 4.79 Å². The number of aromatic amines is 1. The lowest BCUT2D eigenvalue weighted by Gasteiger charge is -2.20. The Labute approximate surface area is 123 Å². The zero-order chi connectivity index (χ0) is 15.0. The van der Waals surface area contributed by atoms with Crippen molar-refractivity contribution in [3.05, 3.63) is 22.7 Å². The molecule has 0 bridgehead atoms. The second kappa shape index (κ2) is 5.44. The number of hydrogen-bond donors (Lipinski definition) is 3. The van der Waals surface area contributed by atoms with E-state index in [0.717, 1.165) is 25.3 Å². The number of fused-ring (bicyclic) bond motifs is 1. The number of nitrogen functional groups attached to an aromatic ring is 1. The molecule has 21 heavy (non-hydrogen) atoms. The van der Waals surface area contributed by atoms with Crippen molar-refractivity contribution >= 4 is 22.5 Å². The largest absolute Gasteiger partial charge is 0.417 e. The summed E-state index contributed by atoms with van der Waals surface area (Å²) in [5.74, 6) is 0.177. The van der Waals surface area contributed by atoms with Crippen LogP contribution in [0.1, 0.15) is 20.3 Å². The van der Waals surface area contributed by atoms with E-state index < -0.39 is 5.76 Å². The van der Waals surface area contributed by atoms with Gasteiger partial charge in [0.25, 0.3) is 0 Å². The van der Waals surface area contributed by atoms with Crippen LogP contribution in [0, 0.1) is 5.92 Å². The topological polar surface area (TPSA) is 87.3 Å². The second-order valence-electron chi connectivity index (χ2n) is 6.07. The Hall–Kier alpha value is -1.95. The molecule has 0 saturated carbocycles. The number of H-pyrrole nitrogens is 1. The van der Waals surface area contributed by atoms with Gasteiger partial charge in [-0.25, -0.2) is 4.79 Å². The summed E-state index contributed by atoms with van der Waals surface area (Å²) in [5.41, 5.74) is 8.63. The monoisotopic (exact) mass is 290 g/mol. The van der Waals surface area contributed by atoms with Gasteiger partial charge in [-0.3, -0.25) is 4.98 Å². The van der Waals surface area contributed by atoms with Crippen molar-refractivity contribution in [1.82, 2.24) is 9.88 Å². The maximum Gasteiger partial charge on any atom is 0.417 e. The van der Waals surface area contributed by atoms with E-state index in [2.05, 4.69) is 29.0 Å². The van der Waals surface area contributed by atoms with Crippen molar-refractivity contribution in [2.24, 2.45) is 5.92 Å². The van der Waals surface area contributed by atoms with Crippen molar-refractivity contribution in [1.29, 1.82) is 0 Å². The van der Waals surface area contributed by atoms with Crippen molar-refractivity contribution in [2.75, 3.05) is 30.7 Å². The average Bonchev–Trinajstić information content (AvgIpc) is 3.01. The van der Waals surface area contributed by atoms with E-state index >= 15 is 0 Å². The quantitative estimate of drug-likeness (QED) is 0.748. The Morgan fingerprint density at radius 2 is 2.33 bits per heavy atom. The van der Waals surface area contributed by atoms with E-state index in [1.807, 2.05) is 6.07 Å². The second-order valence-corrected chi connectivity index (χ2v) is 6.07. The first kappa shape index (κ1) is 14.0. The highest BCUT2D eigenvalue weighted by Gasteiger charge is 2.24. The van der Waals surface area contributed by atoms with Gasteiger partial charge in [0.15, 0.2) is 5.58 Å². The van der Waals surface area contributed by atoms with Crippen LogP contribution < -0.4 is 16.8 Å². The van der Waals surface area contributed by atoms with Gasteiger partial charge >= 0.3 is 5.76 Å². The normalized spacial score (nSPS) is 19.7. The van der Waals surface area contributed by atoms with Crippen LogP contribution in [0.2, 0.25) is 0 Å². The third-order valence-corrected chi connectivity index (χ3v) is 4.22. The summed E-state index contributed by atoms with van der Waals surface area (Å²) in [5, 5.41) is 3.40. The molecule has 1 atom stereocenters. The van der Waals surface area contributed by atoms with Gasteiger partial charge in [-0.15, -0.1) is 0 Å². The molecule has 114 valence electrons. The molecule has 6 heteroatoms. The van der Waals surface area contributed by atoms with Crippen LogP contribution in [0.25, 0.3) is 11.1 Å². The number of anilines is 2. The third-order valence-electron chi connectivity index (χ3n) is 4.22. The number of nitrogens with one attached hydrogen (secondary N) is 2. The number of hydrogen-bond acceptors (Lipinski definition) is 5. The molecule has 0 radical (unpaired) electrons. The van der Waals surface area contributed by atoms with Crippen LogP contribution in [0.5, 0.6) is 0 Å². The predicted molar refractivity (Wildman–Crippen MR) is 84.6 cm³/mol. The van der Waals surface area contributed by atoms with Gasteiger partial charge in [0.1, 0.15) is 0 Å². The van der Waals surface area contributed by atoms with Crippen LogP contribution >= 0.6 is 0 Å². The van der Waals surface area contributed by atoms with E-state index in [1.165, 1.54) is 6.42 Å². The van der Waals surface area contributed by atoms with Crippen LogP contribution in [0.15, 0.2) is 21.3 Å². The number of rotatable bonds is 4. The molecule has 4 N–H and O–H groups in total. The maximum absolute atomic E-state index is 11.2. The first-order chi connectivity index (χ1) is 10.0. The molecule has 1 unspecified atom stereocenters. The smallest absolute Gasteiger partial charge is 0.408 e. The number of aromatic nitrogens is 1. The lowest BCUT2D eigenvalue weighted by molar-refractivity contribution is 0.266. The Bertz CT molecular complexity index is 689. The SMILES string of the molecule is CC(C)N1CCC(CNc2cc3[nH]c(=O)oc3cc2N)C1. The summed E-state index contributed by atoms with van der Waals surface area (Å²) in [6.07, 6.45) is 1.20. The molecule has 1 aliphatic rings. The fourth-order valence-corrected chi connectivity index (χ4v) is 2.92. The van der Waals surface area contributed by atoms with Gasteiger partial charge in [0.05, 0.1) is 16.9 Å². The molecule has 3 rings (SSSR count). The molecule has 2 heterocycles. The van der Waals surface area contributed by atoms with Gasteiger partial charge < -0.3 is 20.4 Å². The summed E-state index contributed by atoms with van der Waals surface area (Å²) in [4.78, 5) is 16.3. The summed E-state index contributed by atoms with van der Waals surface area (Å²) >= 11 is 0. The Morgan fingerprint density at radius 1 is 1.52 bits per heavy atom. The highest BCUT2D eigenvalue weighted by Crippen LogP contribution is 2.26. The van der Waals surface area contributed by atoms with Crippen molar-refractivity contribution in [3.8, 4) is 0 Å². The molecule has 0 amide bonds. The zero-order valence-electron chi connectivity index (χ0n) is 12.5. The van der Waals surface area contributed by atoms with Crippen LogP contribution in [-0.4, -0.2) is 35.6 Å². The zero-order valence-corrected chi connectivity index (χ0v) is 12.5. The highest BCUT2D eigenvalue weighted by atomic mass is 16.4. The fourth-order valence-electron chi connectivity index (χ4n) is 2.92. The van der Waals surface area contributed by atoms with E-state index in [4.69, 9.17) is 10.2 Å². The van der Waals surface area contributed by atoms with E-state index in [-0.39, 0.29) is 0 Å². The minimum Gasteiger partial charge on any atom is -0.408 e. The number of nitrogens with zero attached hydrogens (tertiary/aromatic N) is 1. The molecule has 6 nitrogen and oxygen atoms in total. The summed E-state index contributed by atoms with van der Waals surface area (Å²) in [6, 6.07) is 4.13. The maximum atomic E-state index is 11.2. The van der Waals surface area contributed by atoms with Gasteiger partial charge in [-0.1, -0.05) is 0 Å². The molecule has 1 aliphatic heterocycles. The molecule has 0 aliphatic carbocycles. The fraction of sp³-hybridized carbons (Fsp3) is 0.533. The van der Waals surface area contributed by atoms with Crippen LogP contribution in [-0.2, 0) is 0 Å². The van der Waals surface area contributed by atoms with Gasteiger partial charge in [0.2, 0.25) is 0 Å². The van der Waals surface area contributed by atoms with Crippen molar-refractivity contribution in [3.63, 3.8) is 0 Å². The first-order valence-corrected chi connectivity index (χ1v) is 7.43. The van der Waals surface area contributed by atoms with Gasteiger partial charge in [0, 0.05) is 25.2 Å². The number of likely N-dealkylation sites (tertiary alicyclic amines) is 1. The van der Waals surface area contributed by atoms with Crippen molar-refractivity contribution < 1.29 is 4.42 Å². The predicted octanol–water partition coefficient (Wildman–Crippen LogP) is 1.85. The van der Waals surface area contributed by atoms with E-state index in [0.29, 0.717) is 28.7 Å². The minimum atomic E-state index is -0.454. The Balaban J connectivity index is 1.68. The van der Waals surface area contributed by atoms with E-state index in [1.54, 1.807) is 6.07 Å². The molecule has 1 fully saturated rings. The summed E-state index contributed by atoms with van der Waals surface area (Å²) < 4.78 is 5.00. The molecular weight excluding hydrogens is 268 g/mol. The lowest BCUT2D eigenvalue weighted by atomic mass is 10.1. The number of benzene rings is 1. The van der Waals surface area contributed by atoms with Gasteiger partial charge in [-0.05, 0) is 38.8 Å². The number of oxazole rings is 1. The molecule has 0 spiro atoms. The highest BCUT2D eigenvalue weighted by molar-refractivity contribution is 5.85. The first-order valence-electron chi connectivity index (χ1n) is 7.43. The molecule has 1 aromatic heterocycles. The van der Waals surface area contributed by atoms with Crippen molar-refractivity contribution in [2.45, 2.75) is 26.3 Å². The van der Waals surface area contributed by atoms with Crippen LogP contribution in [0.4, 0.5) is 11.4 Å². The standard InChI is InChI=1S/C15H22N4O2/c1-9(2)19-4-3-10(8-19)7-17-12-6-13-14(5-11(12)16)21-15(20)18-13/h5-6,9-10,17H,3-4,7-8,16H2,1-2H3,(H,18,20). The van der Waals surface area contributed by atoms with Crippen LogP contribution in [0.3, 0.4) is 0 Å². The molecule has 2 aromatic rings. The minimum absolute atomic E-state index is 0.454. The average molecular weight is 290 g/mol. The van der Waals surface area contributed by atoms with Gasteiger partial charge in [-0.2, -0.15) is 0 Å². The third kappa shape index (κ3) is 2.90. The summed E-state index contributed by atoms with van der Waals surface area (Å²) in [7, 11) is 0.